The van der Waals surface area contributed by atoms with Crippen LogP contribution >= 0.6 is 0 Å². The van der Waals surface area contributed by atoms with Gasteiger partial charge in [-0.15, -0.1) is 0 Å². The predicted octanol–water partition coefficient (Wildman–Crippen LogP) is 12.7. The molecule has 11 rings (SSSR count). The van der Waals surface area contributed by atoms with Crippen molar-refractivity contribution in [3.63, 3.8) is 0 Å². The van der Waals surface area contributed by atoms with Gasteiger partial charge in [0.1, 0.15) is 28.9 Å². The van der Waals surface area contributed by atoms with Crippen molar-refractivity contribution in [2.75, 3.05) is 0 Å². The third-order valence-corrected chi connectivity index (χ3v) is 12.2. The molecule has 5 heteroatoms. The van der Waals surface area contributed by atoms with Crippen molar-refractivity contribution in [2.45, 2.75) is 44.1 Å². The van der Waals surface area contributed by atoms with Gasteiger partial charge in [0.15, 0.2) is 11.6 Å². The second kappa shape index (κ2) is 13.9. The van der Waals surface area contributed by atoms with Crippen LogP contribution < -0.4 is 0 Å². The highest BCUT2D eigenvalue weighted by Crippen LogP contribution is 2.52. The van der Waals surface area contributed by atoms with Crippen LogP contribution in [-0.4, -0.2) is 21.1 Å². The molecule has 5 atom stereocenters. The van der Waals surface area contributed by atoms with Gasteiger partial charge in [-0.25, -0.2) is 15.0 Å². The van der Waals surface area contributed by atoms with E-state index in [1.165, 1.54) is 16.7 Å². The summed E-state index contributed by atoms with van der Waals surface area (Å²) in [5.74, 6) is 3.93. The fourth-order valence-electron chi connectivity index (χ4n) is 9.32. The lowest BCUT2D eigenvalue weighted by atomic mass is 9.71. The predicted molar refractivity (Wildman–Crippen MR) is 230 cm³/mol. The largest absolute Gasteiger partial charge is 0.490 e. The number of hydrogen-bond donors (Lipinski definition) is 0. The first-order valence-electron chi connectivity index (χ1n) is 20.2. The van der Waals surface area contributed by atoms with Crippen LogP contribution in [0.15, 0.2) is 180 Å². The first kappa shape index (κ1) is 33.7. The minimum atomic E-state index is -0.0757. The van der Waals surface area contributed by atoms with Crippen LogP contribution in [-0.2, 0) is 4.74 Å². The van der Waals surface area contributed by atoms with Gasteiger partial charge in [-0.05, 0) is 72.7 Å². The molecule has 1 saturated heterocycles. The van der Waals surface area contributed by atoms with Gasteiger partial charge in [-0.3, -0.25) is 0 Å². The van der Waals surface area contributed by atoms with Crippen molar-refractivity contribution in [3.8, 4) is 22.5 Å². The van der Waals surface area contributed by atoms with Gasteiger partial charge in [-0.1, -0.05) is 145 Å². The quantitative estimate of drug-likeness (QED) is 0.170. The van der Waals surface area contributed by atoms with E-state index in [1.807, 2.05) is 6.07 Å². The lowest BCUT2D eigenvalue weighted by molar-refractivity contribution is 0.185. The van der Waals surface area contributed by atoms with Gasteiger partial charge in [0.25, 0.3) is 0 Å². The van der Waals surface area contributed by atoms with E-state index >= 15 is 0 Å². The number of ether oxygens (including phenoxy) is 1. The first-order chi connectivity index (χ1) is 28.1. The molecule has 1 aliphatic heterocycles. The molecule has 276 valence electrons. The molecule has 0 radical (unpaired) electrons. The Labute approximate surface area is 332 Å². The van der Waals surface area contributed by atoms with Crippen molar-refractivity contribution in [3.05, 3.63) is 198 Å². The summed E-state index contributed by atoms with van der Waals surface area (Å²) in [6, 6.07) is 32.2. The topological polar surface area (TPSA) is 61.0 Å². The standard InChI is InChI=1S/C52H41N3O2/c1-32-24-26-34(27-25-32)51-53-50(33-12-3-2-4-13-33)54-52(55-51)37-15-9-14-35(30-37)36-28-29-44-47(31-36)56-46-23-11-19-41(48(44)46)38-16-5-6-17-39(38)42-20-10-21-43-40-18-7-8-22-45(40)57-49(42)43/h3,5-26,28-31,34,41,44,47-48H,2,4,27H2,1H3. The van der Waals surface area contributed by atoms with Crippen molar-refractivity contribution in [2.24, 2.45) is 11.8 Å². The maximum Gasteiger partial charge on any atom is 0.163 e. The number of aromatic nitrogens is 3. The zero-order chi connectivity index (χ0) is 37.9. The zero-order valence-electron chi connectivity index (χ0n) is 31.8. The zero-order valence-corrected chi connectivity index (χ0v) is 31.8. The second-order valence-electron chi connectivity index (χ2n) is 15.7. The molecular formula is C52H41N3O2. The van der Waals surface area contributed by atoms with Crippen molar-refractivity contribution in [1.29, 1.82) is 0 Å². The molecule has 0 bridgehead atoms. The molecular weight excluding hydrogens is 699 g/mol. The van der Waals surface area contributed by atoms with Crippen LogP contribution in [0.2, 0.25) is 0 Å². The summed E-state index contributed by atoms with van der Waals surface area (Å²) in [6.07, 6.45) is 29.7. The number of para-hydroxylation sites is 2. The van der Waals surface area contributed by atoms with E-state index in [9.17, 15) is 0 Å². The lowest BCUT2D eigenvalue weighted by Gasteiger charge is -2.29. The third kappa shape index (κ3) is 5.97. The van der Waals surface area contributed by atoms with Crippen molar-refractivity contribution >= 4 is 33.1 Å². The lowest BCUT2D eigenvalue weighted by Crippen LogP contribution is -2.24. The van der Waals surface area contributed by atoms with E-state index in [1.54, 1.807) is 0 Å². The highest BCUT2D eigenvalue weighted by molar-refractivity contribution is 6.09. The van der Waals surface area contributed by atoms with E-state index in [4.69, 9.17) is 24.1 Å². The molecule has 1 fully saturated rings. The smallest absolute Gasteiger partial charge is 0.163 e. The van der Waals surface area contributed by atoms with E-state index < -0.39 is 0 Å². The highest BCUT2D eigenvalue weighted by atomic mass is 16.5. The number of nitrogens with zero attached hydrogens (tertiary/aromatic N) is 3. The SMILES string of the molecule is CC1=CCC(c2nc(C3=CCCC=C3)nc(-c3cccc(C4=CC5OC6=CC=CC(c7ccccc7-c7cccc8c7oc7ccccc78)C6C5C=C4)c3)n2)C=C1. The monoisotopic (exact) mass is 739 g/mol. The molecule has 5 unspecified atom stereocenters. The minimum Gasteiger partial charge on any atom is -0.490 e. The molecule has 57 heavy (non-hydrogen) atoms. The Bertz CT molecular complexity index is 2860. The molecule has 0 amide bonds. The van der Waals surface area contributed by atoms with Crippen molar-refractivity contribution < 1.29 is 9.15 Å². The number of benzene rings is 4. The summed E-state index contributed by atoms with van der Waals surface area (Å²) in [5.41, 5.74) is 11.0. The molecule has 3 heterocycles. The molecule has 0 saturated carbocycles. The summed E-state index contributed by atoms with van der Waals surface area (Å²) in [5, 5.41) is 2.28. The number of rotatable bonds is 6. The van der Waals surface area contributed by atoms with Crippen LogP contribution in [0.3, 0.4) is 0 Å². The molecule has 4 aliphatic carbocycles. The number of allylic oxidation sites excluding steroid dienone is 14. The number of hydrogen-bond acceptors (Lipinski definition) is 5. The second-order valence-corrected chi connectivity index (χ2v) is 15.7. The maximum atomic E-state index is 6.82. The molecule has 5 nitrogen and oxygen atoms in total. The molecule has 6 aromatic rings. The first-order valence-corrected chi connectivity index (χ1v) is 20.2. The summed E-state index contributed by atoms with van der Waals surface area (Å²) >= 11 is 0. The van der Waals surface area contributed by atoms with E-state index in [0.29, 0.717) is 5.82 Å². The number of furan rings is 1. The van der Waals surface area contributed by atoms with Crippen LogP contribution in [0, 0.1) is 11.8 Å². The minimum absolute atomic E-state index is 0.0757. The van der Waals surface area contributed by atoms with Gasteiger partial charge < -0.3 is 9.15 Å². The Balaban J connectivity index is 0.912. The van der Waals surface area contributed by atoms with Crippen molar-refractivity contribution in [1.82, 2.24) is 15.0 Å². The molecule has 2 aromatic heterocycles. The van der Waals surface area contributed by atoms with E-state index in [0.717, 1.165) is 86.4 Å². The average Bonchev–Trinajstić information content (AvgIpc) is 3.85. The van der Waals surface area contributed by atoms with Gasteiger partial charge in [0.05, 0.1) is 0 Å². The fraction of sp³-hybridized carbons (Fsp3) is 0.173. The van der Waals surface area contributed by atoms with Gasteiger partial charge in [0.2, 0.25) is 0 Å². The Morgan fingerprint density at radius 3 is 2.44 bits per heavy atom. The van der Waals surface area contributed by atoms with Crippen LogP contribution in [0.4, 0.5) is 0 Å². The summed E-state index contributed by atoms with van der Waals surface area (Å²) in [7, 11) is 0. The van der Waals surface area contributed by atoms with Crippen LogP contribution in [0.1, 0.15) is 60.8 Å². The van der Waals surface area contributed by atoms with Gasteiger partial charge in [0, 0.05) is 51.1 Å². The number of fused-ring (bicyclic) bond motifs is 6. The summed E-state index contributed by atoms with van der Waals surface area (Å²) in [4.78, 5) is 15.2. The highest BCUT2D eigenvalue weighted by Gasteiger charge is 2.45. The Morgan fingerprint density at radius 2 is 1.53 bits per heavy atom. The normalized spacial score (nSPS) is 23.4. The van der Waals surface area contributed by atoms with Gasteiger partial charge in [-0.2, -0.15) is 0 Å². The molecule has 4 aromatic carbocycles. The van der Waals surface area contributed by atoms with Crippen LogP contribution in [0.25, 0.3) is 55.6 Å². The maximum absolute atomic E-state index is 6.82. The Morgan fingerprint density at radius 1 is 0.684 bits per heavy atom. The van der Waals surface area contributed by atoms with Crippen LogP contribution in [0.5, 0.6) is 0 Å². The molecule has 5 aliphatic rings. The van der Waals surface area contributed by atoms with E-state index in [-0.39, 0.29) is 29.8 Å². The molecule has 0 N–H and O–H groups in total. The Kier molecular flexibility index (Phi) is 8.20. The fourth-order valence-corrected chi connectivity index (χ4v) is 9.32. The third-order valence-electron chi connectivity index (χ3n) is 12.2. The van der Waals surface area contributed by atoms with E-state index in [2.05, 4.69) is 165 Å². The summed E-state index contributed by atoms with van der Waals surface area (Å²) < 4.78 is 13.3. The molecule has 0 spiro atoms. The van der Waals surface area contributed by atoms with Gasteiger partial charge >= 0.3 is 0 Å². The summed E-state index contributed by atoms with van der Waals surface area (Å²) in [6.45, 7) is 2.14. The average molecular weight is 740 g/mol. The Hall–Kier alpha value is -6.59.